The third-order valence-electron chi connectivity index (χ3n) is 5.06. The fourth-order valence-corrected chi connectivity index (χ4v) is 3.57. The van der Waals surface area contributed by atoms with Gasteiger partial charge >= 0.3 is 5.97 Å². The van der Waals surface area contributed by atoms with Crippen LogP contribution in [0.2, 0.25) is 0 Å². The predicted molar refractivity (Wildman–Crippen MR) is 113 cm³/mol. The van der Waals surface area contributed by atoms with Gasteiger partial charge in [-0.15, -0.1) is 0 Å². The van der Waals surface area contributed by atoms with Crippen molar-refractivity contribution in [2.24, 2.45) is 0 Å². The number of benzene rings is 3. The molecule has 0 aliphatic heterocycles. The molecular formula is C24H17F2NO4. The second-order valence-electron chi connectivity index (χ2n) is 6.97. The van der Waals surface area contributed by atoms with E-state index in [1.54, 1.807) is 0 Å². The van der Waals surface area contributed by atoms with Gasteiger partial charge in [-0.3, -0.25) is 4.79 Å². The quantitative estimate of drug-likeness (QED) is 0.507. The second kappa shape index (κ2) is 8.02. The van der Waals surface area contributed by atoms with Gasteiger partial charge in [0, 0.05) is 12.7 Å². The van der Waals surface area contributed by atoms with E-state index in [9.17, 15) is 23.5 Å². The lowest BCUT2D eigenvalue weighted by molar-refractivity contribution is 0.0695. The summed E-state index contributed by atoms with van der Waals surface area (Å²) in [6, 6.07) is 18.0. The normalized spacial score (nSPS) is 10.9. The smallest absolute Gasteiger partial charge is 0.341 e. The number of aromatic carboxylic acids is 1. The number of methoxy groups -OCH3 is 1. The highest BCUT2D eigenvalue weighted by atomic mass is 19.2. The molecule has 5 nitrogen and oxygen atoms in total. The summed E-state index contributed by atoms with van der Waals surface area (Å²) in [5, 5.41) is 9.15. The van der Waals surface area contributed by atoms with Gasteiger partial charge in [0.05, 0.1) is 18.0 Å². The van der Waals surface area contributed by atoms with Gasteiger partial charge in [-0.2, -0.15) is 4.39 Å². The lowest BCUT2D eigenvalue weighted by Gasteiger charge is -2.16. The highest BCUT2D eigenvalue weighted by molar-refractivity contribution is 5.94. The van der Waals surface area contributed by atoms with Crippen molar-refractivity contribution in [2.45, 2.75) is 6.54 Å². The van der Waals surface area contributed by atoms with E-state index in [0.717, 1.165) is 30.0 Å². The Morgan fingerprint density at radius 1 is 1.03 bits per heavy atom. The van der Waals surface area contributed by atoms with Crippen LogP contribution in [-0.4, -0.2) is 22.8 Å². The summed E-state index contributed by atoms with van der Waals surface area (Å²) in [4.78, 5) is 24.1. The topological polar surface area (TPSA) is 68.5 Å². The largest absolute Gasteiger partial charge is 0.491 e. The highest BCUT2D eigenvalue weighted by Gasteiger charge is 2.22. The van der Waals surface area contributed by atoms with Gasteiger partial charge in [-0.1, -0.05) is 54.6 Å². The van der Waals surface area contributed by atoms with Crippen LogP contribution in [-0.2, 0) is 6.54 Å². The molecule has 0 bridgehead atoms. The summed E-state index contributed by atoms with van der Waals surface area (Å²) in [5.41, 5.74) is 1.34. The molecule has 0 saturated carbocycles. The molecule has 7 heteroatoms. The summed E-state index contributed by atoms with van der Waals surface area (Å²) in [6.45, 7) is 0.119. The van der Waals surface area contributed by atoms with Crippen LogP contribution in [0.3, 0.4) is 0 Å². The van der Waals surface area contributed by atoms with Gasteiger partial charge in [-0.05, 0) is 22.8 Å². The van der Waals surface area contributed by atoms with Crippen molar-refractivity contribution in [1.29, 1.82) is 0 Å². The minimum Gasteiger partial charge on any atom is -0.491 e. The van der Waals surface area contributed by atoms with E-state index in [0.29, 0.717) is 6.07 Å². The molecule has 1 heterocycles. The van der Waals surface area contributed by atoms with Crippen LogP contribution >= 0.6 is 0 Å². The zero-order valence-electron chi connectivity index (χ0n) is 16.4. The van der Waals surface area contributed by atoms with E-state index >= 15 is 0 Å². The van der Waals surface area contributed by atoms with Crippen molar-refractivity contribution in [1.82, 2.24) is 4.57 Å². The van der Waals surface area contributed by atoms with Gasteiger partial charge < -0.3 is 14.4 Å². The summed E-state index contributed by atoms with van der Waals surface area (Å²) in [5.74, 6) is -4.44. The molecule has 0 radical (unpaired) electrons. The van der Waals surface area contributed by atoms with Crippen LogP contribution in [0, 0.1) is 11.6 Å². The van der Waals surface area contributed by atoms with Gasteiger partial charge in [0.25, 0.3) is 0 Å². The van der Waals surface area contributed by atoms with E-state index in [4.69, 9.17) is 4.74 Å². The third-order valence-corrected chi connectivity index (χ3v) is 5.06. The molecular weight excluding hydrogens is 404 g/mol. The Bertz CT molecular complexity index is 1350. The molecule has 0 unspecified atom stereocenters. The number of aromatic nitrogens is 1. The first kappa shape index (κ1) is 20.3. The summed E-state index contributed by atoms with van der Waals surface area (Å²) >= 11 is 0. The van der Waals surface area contributed by atoms with Crippen LogP contribution in [0.1, 0.15) is 15.9 Å². The standard InChI is InChI=1S/C24H17F2NO4/c1-31-23-20(26)19(25)11-17-21(23)27(13-18(22(17)28)24(29)30)12-14-7-9-16(10-8-14)15-5-3-2-4-6-15/h2-11,13H,12H2,1H3,(H,29,30). The van der Waals surface area contributed by atoms with E-state index in [-0.39, 0.29) is 17.4 Å². The maximum Gasteiger partial charge on any atom is 0.341 e. The van der Waals surface area contributed by atoms with Crippen molar-refractivity contribution in [3.63, 3.8) is 0 Å². The third kappa shape index (κ3) is 3.66. The number of halogens is 2. The van der Waals surface area contributed by atoms with Crippen molar-refractivity contribution < 1.29 is 23.4 Å². The molecule has 1 aromatic heterocycles. The first-order valence-electron chi connectivity index (χ1n) is 9.37. The molecule has 4 aromatic rings. The highest BCUT2D eigenvalue weighted by Crippen LogP contribution is 2.30. The minimum atomic E-state index is -1.45. The van der Waals surface area contributed by atoms with Crippen LogP contribution in [0.4, 0.5) is 8.78 Å². The molecule has 0 saturated heterocycles. The molecule has 0 amide bonds. The van der Waals surface area contributed by atoms with Gasteiger partial charge in [0.1, 0.15) is 5.56 Å². The van der Waals surface area contributed by atoms with Crippen molar-refractivity contribution >= 4 is 16.9 Å². The van der Waals surface area contributed by atoms with Crippen molar-refractivity contribution in [2.75, 3.05) is 7.11 Å². The fourth-order valence-electron chi connectivity index (χ4n) is 3.57. The predicted octanol–water partition coefficient (Wildman–Crippen LogP) is 4.70. The number of nitrogens with zero attached hydrogens (tertiary/aromatic N) is 1. The lowest BCUT2D eigenvalue weighted by atomic mass is 10.0. The van der Waals surface area contributed by atoms with E-state index in [1.807, 2.05) is 54.6 Å². The molecule has 0 spiro atoms. The Morgan fingerprint density at radius 2 is 1.68 bits per heavy atom. The Kier molecular flexibility index (Phi) is 5.25. The number of hydrogen-bond donors (Lipinski definition) is 1. The number of carbonyl (C=O) groups is 1. The lowest BCUT2D eigenvalue weighted by Crippen LogP contribution is -2.20. The molecule has 4 rings (SSSR count). The summed E-state index contributed by atoms with van der Waals surface area (Å²) in [6.07, 6.45) is 1.12. The fraction of sp³-hybridized carbons (Fsp3) is 0.0833. The summed E-state index contributed by atoms with van der Waals surface area (Å²) < 4.78 is 34.8. The molecule has 156 valence electrons. The molecule has 0 aliphatic carbocycles. The Labute approximate surface area is 175 Å². The number of hydrogen-bond acceptors (Lipinski definition) is 3. The second-order valence-corrected chi connectivity index (χ2v) is 6.97. The van der Waals surface area contributed by atoms with Gasteiger partial charge in [0.2, 0.25) is 11.2 Å². The number of carboxylic acids is 1. The first-order chi connectivity index (χ1) is 14.9. The van der Waals surface area contributed by atoms with Crippen molar-refractivity contribution in [3.05, 3.63) is 99.8 Å². The maximum atomic E-state index is 14.4. The van der Waals surface area contributed by atoms with Crippen LogP contribution in [0.25, 0.3) is 22.0 Å². The number of fused-ring (bicyclic) bond motifs is 1. The Morgan fingerprint density at radius 3 is 2.29 bits per heavy atom. The van der Waals surface area contributed by atoms with Crippen LogP contribution in [0.5, 0.6) is 5.75 Å². The Hall–Kier alpha value is -4.00. The molecule has 0 aliphatic rings. The van der Waals surface area contributed by atoms with E-state index in [2.05, 4.69) is 0 Å². The average molecular weight is 421 g/mol. The van der Waals surface area contributed by atoms with Crippen molar-refractivity contribution in [3.8, 4) is 16.9 Å². The molecule has 0 fully saturated rings. The minimum absolute atomic E-state index is 0.0106. The van der Waals surface area contributed by atoms with E-state index < -0.39 is 34.3 Å². The SMILES string of the molecule is COc1c(F)c(F)cc2c(=O)c(C(=O)O)cn(Cc3ccc(-c4ccccc4)cc3)c12. The Balaban J connectivity index is 1.87. The molecule has 3 aromatic carbocycles. The monoisotopic (exact) mass is 421 g/mol. The molecule has 31 heavy (non-hydrogen) atoms. The van der Waals surface area contributed by atoms with Crippen LogP contribution < -0.4 is 10.2 Å². The van der Waals surface area contributed by atoms with Gasteiger partial charge in [0.15, 0.2) is 11.6 Å². The summed E-state index contributed by atoms with van der Waals surface area (Å²) in [7, 11) is 1.16. The zero-order chi connectivity index (χ0) is 22.1. The van der Waals surface area contributed by atoms with E-state index in [1.165, 1.54) is 4.57 Å². The maximum absolute atomic E-state index is 14.4. The number of ether oxygens (including phenoxy) is 1. The number of carboxylic acid groups (broad SMARTS) is 1. The number of rotatable bonds is 5. The number of pyridine rings is 1. The van der Waals surface area contributed by atoms with Gasteiger partial charge in [-0.25, -0.2) is 9.18 Å². The molecule has 1 N–H and O–H groups in total. The van der Waals surface area contributed by atoms with Crippen LogP contribution in [0.15, 0.2) is 71.7 Å². The molecule has 0 atom stereocenters. The zero-order valence-corrected chi connectivity index (χ0v) is 16.4. The average Bonchev–Trinajstić information content (AvgIpc) is 2.78. The first-order valence-corrected chi connectivity index (χ1v) is 9.37.